The van der Waals surface area contributed by atoms with Crippen LogP contribution in [0.4, 0.5) is 0 Å². The van der Waals surface area contributed by atoms with Crippen LogP contribution < -0.4 is 0 Å². The van der Waals surface area contributed by atoms with Crippen LogP contribution in [0.1, 0.15) is 0 Å². The Morgan fingerprint density at radius 1 is 1.36 bits per heavy atom. The molecule has 0 fully saturated rings. The molecule has 64 valence electrons. The second kappa shape index (κ2) is 3.72. The lowest BCUT2D eigenvalue weighted by atomic mass is 10.7. The molecule has 0 aromatic carbocycles. The first kappa shape index (κ1) is 10.4. The van der Waals surface area contributed by atoms with Crippen LogP contribution in [0.3, 0.4) is 0 Å². The lowest BCUT2D eigenvalue weighted by Crippen LogP contribution is -2.37. The Morgan fingerprint density at radius 2 is 1.82 bits per heavy atom. The quantitative estimate of drug-likeness (QED) is 0.537. The second-order valence-corrected chi connectivity index (χ2v) is 4.50. The summed E-state index contributed by atoms with van der Waals surface area (Å²) in [4.78, 5) is 0. The summed E-state index contributed by atoms with van der Waals surface area (Å²) < 4.78 is 24.6. The summed E-state index contributed by atoms with van der Waals surface area (Å²) in [5.41, 5.74) is 0. The van der Waals surface area contributed by atoms with Crippen LogP contribution in [0.2, 0.25) is 0 Å². The van der Waals surface area contributed by atoms with Crippen molar-refractivity contribution in [1.29, 1.82) is 0 Å². The average Bonchev–Trinajstić information content (AvgIpc) is 1.88. The summed E-state index contributed by atoms with van der Waals surface area (Å²) in [6.45, 7) is 0.0977. The Morgan fingerprint density at radius 3 is 2.09 bits per heavy atom. The molecule has 0 bridgehead atoms. The van der Waals surface area contributed by atoms with Crippen molar-refractivity contribution in [1.82, 2.24) is 8.61 Å². The average molecular weight is 176 g/mol. The van der Waals surface area contributed by atoms with E-state index in [1.165, 1.54) is 21.1 Å². The van der Waals surface area contributed by atoms with Gasteiger partial charge in [-0.15, -0.1) is 6.42 Å². The highest BCUT2D eigenvalue weighted by molar-refractivity contribution is 7.86. The van der Waals surface area contributed by atoms with E-state index in [1.54, 1.807) is 0 Å². The Balaban J connectivity index is 4.47. The Bertz CT molecular complexity index is 250. The van der Waals surface area contributed by atoms with E-state index in [2.05, 4.69) is 5.92 Å². The predicted molar refractivity (Wildman–Crippen MR) is 44.1 cm³/mol. The van der Waals surface area contributed by atoms with E-state index in [0.29, 0.717) is 0 Å². The van der Waals surface area contributed by atoms with Crippen molar-refractivity contribution in [2.75, 3.05) is 27.7 Å². The van der Waals surface area contributed by atoms with Gasteiger partial charge in [0.05, 0.1) is 6.54 Å². The molecule has 0 rings (SSSR count). The molecule has 0 aromatic rings. The first-order valence-corrected chi connectivity index (χ1v) is 4.40. The molecule has 4 nitrogen and oxygen atoms in total. The first-order chi connectivity index (χ1) is 4.92. The summed E-state index contributed by atoms with van der Waals surface area (Å²) in [7, 11) is 1.05. The highest BCUT2D eigenvalue weighted by Gasteiger charge is 2.18. The maximum atomic E-state index is 11.2. The van der Waals surface area contributed by atoms with E-state index in [-0.39, 0.29) is 6.54 Å². The van der Waals surface area contributed by atoms with Crippen LogP contribution in [0.25, 0.3) is 0 Å². The van der Waals surface area contributed by atoms with Crippen LogP contribution >= 0.6 is 0 Å². The van der Waals surface area contributed by atoms with E-state index in [1.807, 2.05) is 0 Å². The summed E-state index contributed by atoms with van der Waals surface area (Å²) in [6, 6.07) is 0. The molecule has 0 N–H and O–H groups in total. The van der Waals surface area contributed by atoms with E-state index >= 15 is 0 Å². The smallest absolute Gasteiger partial charge is 0.195 e. The standard InChI is InChI=1S/C6H12N2O2S/c1-5-6-8(4)11(9,10)7(2)3/h1H,6H2,2-4H3. The number of terminal acetylenes is 1. The van der Waals surface area contributed by atoms with E-state index in [0.717, 1.165) is 8.61 Å². The lowest BCUT2D eigenvalue weighted by Gasteiger charge is -2.18. The summed E-state index contributed by atoms with van der Waals surface area (Å²) >= 11 is 0. The number of hydrogen-bond donors (Lipinski definition) is 0. The number of nitrogens with zero attached hydrogens (tertiary/aromatic N) is 2. The van der Waals surface area contributed by atoms with Crippen LogP contribution in [-0.2, 0) is 10.2 Å². The molecule has 0 saturated heterocycles. The van der Waals surface area contributed by atoms with Gasteiger partial charge < -0.3 is 0 Å². The van der Waals surface area contributed by atoms with Gasteiger partial charge in [-0.1, -0.05) is 5.92 Å². The van der Waals surface area contributed by atoms with Crippen molar-refractivity contribution in [2.45, 2.75) is 0 Å². The van der Waals surface area contributed by atoms with Gasteiger partial charge in [0.15, 0.2) is 0 Å². The van der Waals surface area contributed by atoms with E-state index in [4.69, 9.17) is 6.42 Å². The molecule has 0 unspecified atom stereocenters. The summed E-state index contributed by atoms with van der Waals surface area (Å²) in [5.74, 6) is 2.25. The zero-order valence-electron chi connectivity index (χ0n) is 6.90. The molecule has 0 atom stereocenters. The maximum Gasteiger partial charge on any atom is 0.282 e. The fourth-order valence-electron chi connectivity index (χ4n) is 0.489. The number of rotatable bonds is 3. The van der Waals surface area contributed by atoms with Gasteiger partial charge in [0.25, 0.3) is 10.2 Å². The predicted octanol–water partition coefficient (Wildman–Crippen LogP) is -0.642. The molecule has 0 aromatic heterocycles. The number of hydrogen-bond acceptors (Lipinski definition) is 2. The molecule has 0 amide bonds. The molecular weight excluding hydrogens is 164 g/mol. The molecule has 5 heteroatoms. The highest BCUT2D eigenvalue weighted by Crippen LogP contribution is 1.98. The molecule has 11 heavy (non-hydrogen) atoms. The summed E-state index contributed by atoms with van der Waals surface area (Å²) in [5, 5.41) is 0. The van der Waals surface area contributed by atoms with Crippen molar-refractivity contribution in [3.63, 3.8) is 0 Å². The fourth-order valence-corrected chi connectivity index (χ4v) is 1.28. The first-order valence-electron chi connectivity index (χ1n) is 3.00. The minimum Gasteiger partial charge on any atom is -0.195 e. The van der Waals surface area contributed by atoms with Crippen molar-refractivity contribution in [3.05, 3.63) is 0 Å². The van der Waals surface area contributed by atoms with Crippen molar-refractivity contribution in [3.8, 4) is 12.3 Å². The normalized spacial score (nSPS) is 12.0. The SMILES string of the molecule is C#CCN(C)S(=O)(=O)N(C)C. The van der Waals surface area contributed by atoms with Gasteiger partial charge in [-0.25, -0.2) is 0 Å². The molecule has 0 spiro atoms. The third kappa shape index (κ3) is 2.50. The van der Waals surface area contributed by atoms with Gasteiger partial charge in [0.2, 0.25) is 0 Å². The highest BCUT2D eigenvalue weighted by atomic mass is 32.2. The molecule has 0 radical (unpaired) electrons. The minimum atomic E-state index is -3.31. The largest absolute Gasteiger partial charge is 0.282 e. The Hall–Kier alpha value is -0.570. The molecular formula is C6H12N2O2S. The topological polar surface area (TPSA) is 40.6 Å². The Labute approximate surface area is 68.0 Å². The zero-order chi connectivity index (χ0) is 9.07. The maximum absolute atomic E-state index is 11.2. The van der Waals surface area contributed by atoms with Gasteiger partial charge >= 0.3 is 0 Å². The molecule has 0 aliphatic heterocycles. The monoisotopic (exact) mass is 176 g/mol. The van der Waals surface area contributed by atoms with Gasteiger partial charge in [0, 0.05) is 21.1 Å². The molecule has 0 aliphatic carbocycles. The third-order valence-corrected chi connectivity index (χ3v) is 3.01. The van der Waals surface area contributed by atoms with Crippen LogP contribution in [-0.4, -0.2) is 44.7 Å². The van der Waals surface area contributed by atoms with E-state index < -0.39 is 10.2 Å². The minimum absolute atomic E-state index is 0.0977. The van der Waals surface area contributed by atoms with Crippen LogP contribution in [0.5, 0.6) is 0 Å². The van der Waals surface area contributed by atoms with E-state index in [9.17, 15) is 8.42 Å². The molecule has 0 heterocycles. The van der Waals surface area contributed by atoms with Gasteiger partial charge in [-0.3, -0.25) is 0 Å². The Kier molecular flexibility index (Phi) is 3.52. The summed E-state index contributed by atoms with van der Waals surface area (Å²) in [6.07, 6.45) is 4.95. The van der Waals surface area contributed by atoms with Crippen LogP contribution in [0, 0.1) is 12.3 Å². The van der Waals surface area contributed by atoms with Crippen molar-refractivity contribution < 1.29 is 8.42 Å². The van der Waals surface area contributed by atoms with Crippen molar-refractivity contribution in [2.24, 2.45) is 0 Å². The fraction of sp³-hybridized carbons (Fsp3) is 0.667. The zero-order valence-corrected chi connectivity index (χ0v) is 7.72. The third-order valence-electron chi connectivity index (χ3n) is 1.17. The molecule has 0 saturated carbocycles. The van der Waals surface area contributed by atoms with Gasteiger partial charge in [-0.2, -0.15) is 17.0 Å². The lowest BCUT2D eigenvalue weighted by molar-refractivity contribution is 0.439. The second-order valence-electron chi connectivity index (χ2n) is 2.25. The van der Waals surface area contributed by atoms with Crippen LogP contribution in [0.15, 0.2) is 0 Å². The molecule has 0 aliphatic rings. The van der Waals surface area contributed by atoms with Gasteiger partial charge in [-0.05, 0) is 0 Å². The van der Waals surface area contributed by atoms with Crippen molar-refractivity contribution >= 4 is 10.2 Å². The van der Waals surface area contributed by atoms with Gasteiger partial charge in [0.1, 0.15) is 0 Å².